The average molecular weight is 421 g/mol. The molecule has 0 radical (unpaired) electrons. The number of anilines is 2. The van der Waals surface area contributed by atoms with Crippen LogP contribution in [0, 0.1) is 5.82 Å². The first-order valence-corrected chi connectivity index (χ1v) is 10.7. The van der Waals surface area contributed by atoms with Crippen LogP contribution in [-0.2, 0) is 14.8 Å². The van der Waals surface area contributed by atoms with Crippen LogP contribution in [0.3, 0.4) is 0 Å². The van der Waals surface area contributed by atoms with Crippen molar-refractivity contribution in [3.63, 3.8) is 0 Å². The van der Waals surface area contributed by atoms with Crippen molar-refractivity contribution in [2.75, 3.05) is 22.4 Å². The lowest BCUT2D eigenvalue weighted by atomic mass is 10.1. The molecule has 0 saturated carbocycles. The summed E-state index contributed by atoms with van der Waals surface area (Å²) in [5, 5.41) is 5.34. The zero-order chi connectivity index (χ0) is 21.8. The summed E-state index contributed by atoms with van der Waals surface area (Å²) in [6.07, 6.45) is 0.886. The summed E-state index contributed by atoms with van der Waals surface area (Å²) in [5.41, 5.74) is -0.260. The van der Waals surface area contributed by atoms with Crippen LogP contribution in [0.15, 0.2) is 48.5 Å². The molecule has 0 unspecified atom stereocenters. The third-order valence-electron chi connectivity index (χ3n) is 3.74. The number of amides is 2. The summed E-state index contributed by atoms with van der Waals surface area (Å²) in [6.45, 7) is 4.83. The molecule has 0 aromatic heterocycles. The molecule has 0 aliphatic heterocycles. The maximum absolute atomic E-state index is 14.1. The van der Waals surface area contributed by atoms with E-state index < -0.39 is 33.8 Å². The van der Waals surface area contributed by atoms with Gasteiger partial charge in [-0.05, 0) is 45.0 Å². The predicted molar refractivity (Wildman–Crippen MR) is 111 cm³/mol. The Morgan fingerprint density at radius 2 is 1.62 bits per heavy atom. The lowest BCUT2D eigenvalue weighted by Crippen LogP contribution is -2.41. The van der Waals surface area contributed by atoms with Gasteiger partial charge in [-0.25, -0.2) is 12.8 Å². The van der Waals surface area contributed by atoms with Crippen molar-refractivity contribution in [3.8, 4) is 0 Å². The fourth-order valence-electron chi connectivity index (χ4n) is 2.55. The van der Waals surface area contributed by atoms with E-state index in [4.69, 9.17) is 0 Å². The molecular weight excluding hydrogens is 397 g/mol. The Labute approximate surface area is 170 Å². The van der Waals surface area contributed by atoms with Crippen LogP contribution < -0.4 is 14.9 Å². The summed E-state index contributed by atoms with van der Waals surface area (Å²) < 4.78 is 39.0. The van der Waals surface area contributed by atoms with E-state index in [1.54, 1.807) is 18.2 Å². The molecular formula is C20H24FN3O4S. The third kappa shape index (κ3) is 6.28. The van der Waals surface area contributed by atoms with Crippen LogP contribution in [0.2, 0.25) is 0 Å². The standard InChI is InChI=1S/C20H24FN3O4S/c1-20(2,3)23-19(26)14-9-5-7-11-16(14)22-18(25)13-24(29(4,27)28)17-12-8-6-10-15(17)21/h5-12H,13H2,1-4H3,(H,22,25)(H,23,26). The van der Waals surface area contributed by atoms with Gasteiger partial charge in [0.1, 0.15) is 12.4 Å². The number of nitrogens with one attached hydrogen (secondary N) is 2. The number of benzene rings is 2. The van der Waals surface area contributed by atoms with Gasteiger partial charge in [0.2, 0.25) is 15.9 Å². The van der Waals surface area contributed by atoms with Gasteiger partial charge in [-0.15, -0.1) is 0 Å². The minimum atomic E-state index is -3.93. The number of para-hydroxylation sites is 2. The quantitative estimate of drug-likeness (QED) is 0.750. The Morgan fingerprint density at radius 1 is 1.03 bits per heavy atom. The summed E-state index contributed by atoms with van der Waals surface area (Å²) in [4.78, 5) is 25.0. The van der Waals surface area contributed by atoms with E-state index in [2.05, 4.69) is 10.6 Å². The summed E-state index contributed by atoms with van der Waals surface area (Å²) in [5.74, 6) is -1.87. The van der Waals surface area contributed by atoms with Gasteiger partial charge in [0.25, 0.3) is 5.91 Å². The van der Waals surface area contributed by atoms with E-state index in [1.807, 2.05) is 20.8 Å². The molecule has 2 N–H and O–H groups in total. The predicted octanol–water partition coefficient (Wildman–Crippen LogP) is 2.76. The Kier molecular flexibility index (Phi) is 6.63. The molecule has 0 bridgehead atoms. The monoisotopic (exact) mass is 421 g/mol. The third-order valence-corrected chi connectivity index (χ3v) is 4.87. The normalized spacial score (nSPS) is 11.6. The highest BCUT2D eigenvalue weighted by molar-refractivity contribution is 7.92. The molecule has 9 heteroatoms. The molecule has 29 heavy (non-hydrogen) atoms. The van der Waals surface area contributed by atoms with Crippen molar-refractivity contribution >= 4 is 33.2 Å². The Morgan fingerprint density at radius 3 is 2.21 bits per heavy atom. The number of carbonyl (C=O) groups is 2. The molecule has 7 nitrogen and oxygen atoms in total. The molecule has 0 aliphatic rings. The van der Waals surface area contributed by atoms with Crippen molar-refractivity contribution in [2.24, 2.45) is 0 Å². The first-order valence-electron chi connectivity index (χ1n) is 8.82. The summed E-state index contributed by atoms with van der Waals surface area (Å²) >= 11 is 0. The first-order chi connectivity index (χ1) is 13.4. The van der Waals surface area contributed by atoms with E-state index in [0.717, 1.165) is 12.3 Å². The van der Waals surface area contributed by atoms with Crippen molar-refractivity contribution in [2.45, 2.75) is 26.3 Å². The number of halogens is 1. The lowest BCUT2D eigenvalue weighted by molar-refractivity contribution is -0.114. The van der Waals surface area contributed by atoms with Gasteiger partial charge in [-0.2, -0.15) is 0 Å². The minimum absolute atomic E-state index is 0.223. The lowest BCUT2D eigenvalue weighted by Gasteiger charge is -2.23. The maximum atomic E-state index is 14.1. The van der Waals surface area contributed by atoms with E-state index in [-0.39, 0.29) is 22.8 Å². The zero-order valence-electron chi connectivity index (χ0n) is 16.7. The number of rotatable bonds is 6. The zero-order valence-corrected chi connectivity index (χ0v) is 17.5. The molecule has 156 valence electrons. The van der Waals surface area contributed by atoms with Crippen LogP contribution in [0.1, 0.15) is 31.1 Å². The number of hydrogen-bond donors (Lipinski definition) is 2. The van der Waals surface area contributed by atoms with Gasteiger partial charge in [-0.1, -0.05) is 24.3 Å². The molecule has 2 aromatic rings. The number of nitrogens with zero attached hydrogens (tertiary/aromatic N) is 1. The van der Waals surface area contributed by atoms with Crippen LogP contribution in [0.5, 0.6) is 0 Å². The molecule has 2 aromatic carbocycles. The van der Waals surface area contributed by atoms with E-state index in [1.165, 1.54) is 24.3 Å². The number of hydrogen-bond acceptors (Lipinski definition) is 4. The van der Waals surface area contributed by atoms with Crippen LogP contribution in [0.4, 0.5) is 15.8 Å². The molecule has 2 rings (SSSR count). The summed E-state index contributed by atoms with van der Waals surface area (Å²) in [7, 11) is -3.93. The second-order valence-corrected chi connectivity index (χ2v) is 9.43. The van der Waals surface area contributed by atoms with E-state index in [9.17, 15) is 22.4 Å². The number of carbonyl (C=O) groups excluding carboxylic acids is 2. The Bertz CT molecular complexity index is 1020. The minimum Gasteiger partial charge on any atom is -0.347 e. The average Bonchev–Trinajstić information content (AvgIpc) is 2.58. The van der Waals surface area contributed by atoms with Crippen LogP contribution in [0.25, 0.3) is 0 Å². The second kappa shape index (κ2) is 8.60. The topological polar surface area (TPSA) is 95.6 Å². The molecule has 0 atom stereocenters. The van der Waals surface area contributed by atoms with Gasteiger partial charge in [0, 0.05) is 5.54 Å². The Hall–Kier alpha value is -2.94. The van der Waals surface area contributed by atoms with Crippen LogP contribution >= 0.6 is 0 Å². The maximum Gasteiger partial charge on any atom is 0.253 e. The molecule has 0 spiro atoms. The molecule has 0 aliphatic carbocycles. The fourth-order valence-corrected chi connectivity index (χ4v) is 3.41. The van der Waals surface area contributed by atoms with Gasteiger partial charge >= 0.3 is 0 Å². The van der Waals surface area contributed by atoms with Crippen molar-refractivity contribution in [3.05, 3.63) is 59.9 Å². The van der Waals surface area contributed by atoms with Gasteiger partial charge < -0.3 is 10.6 Å². The van der Waals surface area contributed by atoms with E-state index in [0.29, 0.717) is 4.31 Å². The van der Waals surface area contributed by atoms with Crippen molar-refractivity contribution < 1.29 is 22.4 Å². The van der Waals surface area contributed by atoms with Gasteiger partial charge in [0.05, 0.1) is 23.2 Å². The summed E-state index contributed by atoms with van der Waals surface area (Å²) in [6, 6.07) is 11.6. The van der Waals surface area contributed by atoms with E-state index >= 15 is 0 Å². The highest BCUT2D eigenvalue weighted by Crippen LogP contribution is 2.22. The highest BCUT2D eigenvalue weighted by atomic mass is 32.2. The van der Waals surface area contributed by atoms with Crippen LogP contribution in [-0.4, -0.2) is 38.6 Å². The Balaban J connectivity index is 2.26. The molecule has 0 saturated heterocycles. The molecule has 0 fully saturated rings. The fraction of sp³-hybridized carbons (Fsp3) is 0.300. The van der Waals surface area contributed by atoms with Gasteiger partial charge in [-0.3, -0.25) is 13.9 Å². The van der Waals surface area contributed by atoms with Crippen molar-refractivity contribution in [1.29, 1.82) is 0 Å². The number of sulfonamides is 1. The smallest absolute Gasteiger partial charge is 0.253 e. The van der Waals surface area contributed by atoms with Gasteiger partial charge in [0.15, 0.2) is 0 Å². The second-order valence-electron chi connectivity index (χ2n) is 7.52. The van der Waals surface area contributed by atoms with Crippen molar-refractivity contribution in [1.82, 2.24) is 5.32 Å². The SMILES string of the molecule is CC(C)(C)NC(=O)c1ccccc1NC(=O)CN(c1ccccc1F)S(C)(=O)=O. The molecule has 0 heterocycles. The highest BCUT2D eigenvalue weighted by Gasteiger charge is 2.24. The first kappa shape index (κ1) is 22.4. The molecule has 2 amide bonds. The largest absolute Gasteiger partial charge is 0.347 e.